The van der Waals surface area contributed by atoms with Crippen molar-refractivity contribution in [3.05, 3.63) is 23.5 Å². The zero-order chi connectivity index (χ0) is 12.3. The Bertz CT molecular complexity index is 413. The average Bonchev–Trinajstić information content (AvgIpc) is 2.78. The topological polar surface area (TPSA) is 68.7 Å². The summed E-state index contributed by atoms with van der Waals surface area (Å²) in [6.07, 6.45) is 2.30. The maximum atomic E-state index is 11.0. The summed E-state index contributed by atoms with van der Waals surface area (Å²) in [6, 6.07) is 1.65. The lowest BCUT2D eigenvalue weighted by Gasteiger charge is -2.12. The molecule has 0 spiro atoms. The molecule has 1 N–H and O–H groups in total. The SMILES string of the molecule is Cc1cc(OCC2CCOC2)c(C(=O)O)cn1. The third kappa shape index (κ3) is 2.94. The van der Waals surface area contributed by atoms with Crippen LogP contribution in [0.2, 0.25) is 0 Å². The van der Waals surface area contributed by atoms with Crippen molar-refractivity contribution in [3.8, 4) is 5.75 Å². The van der Waals surface area contributed by atoms with Gasteiger partial charge >= 0.3 is 5.97 Å². The summed E-state index contributed by atoms with van der Waals surface area (Å²) >= 11 is 0. The maximum Gasteiger partial charge on any atom is 0.341 e. The molecule has 0 saturated carbocycles. The molecule has 0 radical (unpaired) electrons. The van der Waals surface area contributed by atoms with Gasteiger partial charge in [0.2, 0.25) is 0 Å². The number of rotatable bonds is 4. The first-order valence-electron chi connectivity index (χ1n) is 5.57. The van der Waals surface area contributed by atoms with Crippen LogP contribution in [0.5, 0.6) is 5.75 Å². The second-order valence-corrected chi connectivity index (χ2v) is 4.17. The number of hydrogen-bond acceptors (Lipinski definition) is 4. The molecule has 5 heteroatoms. The number of pyridine rings is 1. The molecule has 0 bridgehead atoms. The molecule has 0 aliphatic carbocycles. The number of aryl methyl sites for hydroxylation is 1. The van der Waals surface area contributed by atoms with E-state index in [2.05, 4.69) is 4.98 Å². The maximum absolute atomic E-state index is 11.0. The summed E-state index contributed by atoms with van der Waals surface area (Å²) < 4.78 is 10.8. The van der Waals surface area contributed by atoms with Crippen molar-refractivity contribution in [1.29, 1.82) is 0 Å². The van der Waals surface area contributed by atoms with Gasteiger partial charge in [0.25, 0.3) is 0 Å². The Morgan fingerprint density at radius 1 is 1.71 bits per heavy atom. The Hall–Kier alpha value is -1.62. The van der Waals surface area contributed by atoms with Crippen LogP contribution in [0.15, 0.2) is 12.3 Å². The summed E-state index contributed by atoms with van der Waals surface area (Å²) in [4.78, 5) is 14.9. The van der Waals surface area contributed by atoms with Crippen LogP contribution in [0.4, 0.5) is 0 Å². The number of nitrogens with zero attached hydrogens (tertiary/aromatic N) is 1. The van der Waals surface area contributed by atoms with Crippen molar-refractivity contribution in [2.75, 3.05) is 19.8 Å². The lowest BCUT2D eigenvalue weighted by atomic mass is 10.1. The molecule has 1 aromatic rings. The minimum Gasteiger partial charge on any atom is -0.492 e. The van der Waals surface area contributed by atoms with Crippen molar-refractivity contribution in [3.63, 3.8) is 0 Å². The summed E-state index contributed by atoms with van der Waals surface area (Å²) in [6.45, 7) is 3.74. The minimum atomic E-state index is -1.02. The molecule has 1 fully saturated rings. The molecule has 2 heterocycles. The van der Waals surface area contributed by atoms with Crippen LogP contribution in [0.1, 0.15) is 22.5 Å². The number of ether oxygens (including phenoxy) is 2. The Kier molecular flexibility index (Phi) is 3.58. The highest BCUT2D eigenvalue weighted by atomic mass is 16.5. The predicted octanol–water partition coefficient (Wildman–Crippen LogP) is 1.50. The first-order valence-corrected chi connectivity index (χ1v) is 5.57. The van der Waals surface area contributed by atoms with E-state index < -0.39 is 5.97 Å². The Morgan fingerprint density at radius 3 is 3.18 bits per heavy atom. The lowest BCUT2D eigenvalue weighted by molar-refractivity contribution is 0.0690. The van der Waals surface area contributed by atoms with E-state index in [0.717, 1.165) is 18.7 Å². The van der Waals surface area contributed by atoms with Crippen molar-refractivity contribution in [2.45, 2.75) is 13.3 Å². The van der Waals surface area contributed by atoms with Crippen LogP contribution in [-0.4, -0.2) is 35.9 Å². The van der Waals surface area contributed by atoms with Gasteiger partial charge in [-0.3, -0.25) is 4.98 Å². The molecule has 5 nitrogen and oxygen atoms in total. The molecule has 0 aromatic carbocycles. The van der Waals surface area contributed by atoms with Gasteiger partial charge in [0.15, 0.2) is 0 Å². The second-order valence-electron chi connectivity index (χ2n) is 4.17. The number of aromatic carboxylic acids is 1. The monoisotopic (exact) mass is 237 g/mol. The molecule has 1 saturated heterocycles. The van der Waals surface area contributed by atoms with Gasteiger partial charge in [0, 0.05) is 30.5 Å². The number of carbonyl (C=O) groups is 1. The highest BCUT2D eigenvalue weighted by molar-refractivity contribution is 5.90. The first kappa shape index (κ1) is 11.9. The summed E-state index contributed by atoms with van der Waals surface area (Å²) in [5.41, 5.74) is 0.849. The largest absolute Gasteiger partial charge is 0.492 e. The normalized spacial score (nSPS) is 19.2. The van der Waals surface area contributed by atoms with Gasteiger partial charge in [-0.15, -0.1) is 0 Å². The van der Waals surface area contributed by atoms with E-state index in [0.29, 0.717) is 24.9 Å². The van der Waals surface area contributed by atoms with E-state index in [-0.39, 0.29) is 5.56 Å². The molecule has 1 atom stereocenters. The standard InChI is InChI=1S/C12H15NO4/c1-8-4-11(10(5-13-8)12(14)15)17-7-9-2-3-16-6-9/h4-5,9H,2-3,6-7H2,1H3,(H,14,15). The Morgan fingerprint density at radius 2 is 2.53 bits per heavy atom. The first-order chi connectivity index (χ1) is 8.16. The Labute approximate surface area is 99.4 Å². The number of carboxylic acid groups (broad SMARTS) is 1. The van der Waals surface area contributed by atoms with Crippen molar-refractivity contribution < 1.29 is 19.4 Å². The van der Waals surface area contributed by atoms with Gasteiger partial charge in [-0.25, -0.2) is 4.79 Å². The fourth-order valence-electron chi connectivity index (χ4n) is 1.74. The van der Waals surface area contributed by atoms with Crippen molar-refractivity contribution in [2.24, 2.45) is 5.92 Å². The van der Waals surface area contributed by atoms with Crippen LogP contribution >= 0.6 is 0 Å². The molecule has 1 aromatic heterocycles. The van der Waals surface area contributed by atoms with E-state index in [9.17, 15) is 4.79 Å². The second kappa shape index (κ2) is 5.14. The predicted molar refractivity (Wildman–Crippen MR) is 60.4 cm³/mol. The molecule has 92 valence electrons. The van der Waals surface area contributed by atoms with Crippen molar-refractivity contribution in [1.82, 2.24) is 4.98 Å². The molecule has 2 rings (SSSR count). The van der Waals surface area contributed by atoms with Gasteiger partial charge < -0.3 is 14.6 Å². The van der Waals surface area contributed by atoms with Gasteiger partial charge in [-0.1, -0.05) is 0 Å². The van der Waals surface area contributed by atoms with Crippen LogP contribution in [0, 0.1) is 12.8 Å². The zero-order valence-electron chi connectivity index (χ0n) is 9.68. The molecular weight excluding hydrogens is 222 g/mol. The lowest BCUT2D eigenvalue weighted by Crippen LogP contribution is -2.13. The molecule has 1 unspecified atom stereocenters. The zero-order valence-corrected chi connectivity index (χ0v) is 9.68. The smallest absolute Gasteiger partial charge is 0.341 e. The average molecular weight is 237 g/mol. The third-order valence-corrected chi connectivity index (χ3v) is 2.73. The van der Waals surface area contributed by atoms with E-state index in [1.165, 1.54) is 6.20 Å². The molecule has 0 amide bonds. The molecule has 1 aliphatic heterocycles. The number of aromatic nitrogens is 1. The summed E-state index contributed by atoms with van der Waals surface area (Å²) in [7, 11) is 0. The van der Waals surface area contributed by atoms with E-state index in [1.807, 2.05) is 0 Å². The van der Waals surface area contributed by atoms with Crippen LogP contribution in [0.3, 0.4) is 0 Å². The third-order valence-electron chi connectivity index (χ3n) is 2.73. The van der Waals surface area contributed by atoms with E-state index in [1.54, 1.807) is 13.0 Å². The summed E-state index contributed by atoms with van der Waals surface area (Å²) in [5.74, 6) is -0.280. The molecule has 1 aliphatic rings. The highest BCUT2D eigenvalue weighted by Crippen LogP contribution is 2.21. The fraction of sp³-hybridized carbons (Fsp3) is 0.500. The van der Waals surface area contributed by atoms with Gasteiger partial charge in [-0.05, 0) is 13.3 Å². The van der Waals surface area contributed by atoms with Gasteiger partial charge in [-0.2, -0.15) is 0 Å². The van der Waals surface area contributed by atoms with Crippen LogP contribution < -0.4 is 4.74 Å². The van der Waals surface area contributed by atoms with Crippen LogP contribution in [-0.2, 0) is 4.74 Å². The highest BCUT2D eigenvalue weighted by Gasteiger charge is 2.18. The van der Waals surface area contributed by atoms with Crippen LogP contribution in [0.25, 0.3) is 0 Å². The Balaban J connectivity index is 2.07. The molecular formula is C12H15NO4. The van der Waals surface area contributed by atoms with E-state index >= 15 is 0 Å². The number of carboxylic acids is 1. The minimum absolute atomic E-state index is 0.106. The number of hydrogen-bond donors (Lipinski definition) is 1. The van der Waals surface area contributed by atoms with E-state index in [4.69, 9.17) is 14.6 Å². The quantitative estimate of drug-likeness (QED) is 0.859. The van der Waals surface area contributed by atoms with Crippen molar-refractivity contribution >= 4 is 5.97 Å². The fourth-order valence-corrected chi connectivity index (χ4v) is 1.74. The van der Waals surface area contributed by atoms with Gasteiger partial charge in [0.1, 0.15) is 11.3 Å². The molecule has 17 heavy (non-hydrogen) atoms. The summed E-state index contributed by atoms with van der Waals surface area (Å²) in [5, 5.41) is 9.00. The van der Waals surface area contributed by atoms with Gasteiger partial charge in [0.05, 0.1) is 13.2 Å².